The van der Waals surface area contributed by atoms with Crippen LogP contribution in [0.5, 0.6) is 0 Å². The molecule has 1 heterocycles. The first-order chi connectivity index (χ1) is 12.6. The van der Waals surface area contributed by atoms with Gasteiger partial charge < -0.3 is 4.55 Å². The van der Waals surface area contributed by atoms with E-state index < -0.39 is 10.1 Å². The molecule has 2 aromatic carbocycles. The molecule has 1 aromatic heterocycles. The molecule has 0 N–H and O–H groups in total. The smallest absolute Gasteiger partial charge is 0.254 e. The van der Waals surface area contributed by atoms with E-state index in [0.29, 0.717) is 10.0 Å². The Kier molecular flexibility index (Phi) is 6.92. The van der Waals surface area contributed by atoms with Crippen molar-refractivity contribution < 1.29 is 17.5 Å². The normalized spacial score (nSPS) is 11.4. The molecule has 27 heavy (non-hydrogen) atoms. The second kappa shape index (κ2) is 8.61. The van der Waals surface area contributed by atoms with E-state index in [1.54, 1.807) is 12.1 Å². The molecule has 0 aliphatic rings. The van der Waals surface area contributed by atoms with Crippen LogP contribution in [0.3, 0.4) is 0 Å². The van der Waals surface area contributed by atoms with Crippen LogP contribution in [-0.4, -0.2) is 17.5 Å². The number of halogens is 2. The summed E-state index contributed by atoms with van der Waals surface area (Å²) in [6.45, 7) is 10.1. The number of fused-ring (bicyclic) bond motifs is 1. The highest BCUT2D eigenvalue weighted by Crippen LogP contribution is 2.27. The Morgan fingerprint density at radius 3 is 2.07 bits per heavy atom. The molecule has 0 atom stereocenters. The van der Waals surface area contributed by atoms with E-state index in [2.05, 4.69) is 29.9 Å². The summed E-state index contributed by atoms with van der Waals surface area (Å²) >= 11 is 12.1. The van der Waals surface area contributed by atoms with Gasteiger partial charge in [-0.1, -0.05) is 40.9 Å². The fourth-order valence-electron chi connectivity index (χ4n) is 2.96. The van der Waals surface area contributed by atoms with Crippen molar-refractivity contribution in [3.63, 3.8) is 0 Å². The zero-order chi connectivity index (χ0) is 20.4. The van der Waals surface area contributed by atoms with Crippen LogP contribution in [0.25, 0.3) is 11.0 Å². The monoisotopic (exact) mass is 428 g/mol. The molecule has 0 aliphatic heterocycles. The minimum absolute atomic E-state index is 0.178. The average Bonchev–Trinajstić information content (AvgIpc) is 2.85. The van der Waals surface area contributed by atoms with Crippen molar-refractivity contribution in [2.24, 2.45) is 0 Å². The van der Waals surface area contributed by atoms with Crippen molar-refractivity contribution in [3.8, 4) is 0 Å². The molecule has 3 rings (SSSR count). The van der Waals surface area contributed by atoms with E-state index in [9.17, 15) is 13.0 Å². The number of hydrogen-bond acceptors (Lipinski definition) is 3. The first-order valence-corrected chi connectivity index (χ1v) is 10.7. The quantitative estimate of drug-likeness (QED) is 0.455. The summed E-state index contributed by atoms with van der Waals surface area (Å²) in [7, 11) is -4.27. The zero-order valence-electron chi connectivity index (χ0n) is 15.7. The lowest BCUT2D eigenvalue weighted by Crippen LogP contribution is -2.35. The molecule has 0 aliphatic carbocycles. The minimum Gasteiger partial charge on any atom is -0.744 e. The Labute approximate surface area is 169 Å². The second-order valence-corrected chi connectivity index (χ2v) is 8.25. The number of aromatic nitrogens is 2. The summed E-state index contributed by atoms with van der Waals surface area (Å²) in [5, 5.41) is 1.23. The Morgan fingerprint density at radius 2 is 1.59 bits per heavy atom. The third-order valence-electron chi connectivity index (χ3n) is 4.32. The van der Waals surface area contributed by atoms with Crippen LogP contribution in [0.4, 0.5) is 0 Å². The summed E-state index contributed by atoms with van der Waals surface area (Å²) in [6, 6.07) is 9.68. The van der Waals surface area contributed by atoms with Gasteiger partial charge in [-0.3, -0.25) is 0 Å². The molecule has 0 bridgehead atoms. The number of imidazole rings is 1. The molecule has 0 amide bonds. The van der Waals surface area contributed by atoms with Crippen LogP contribution in [0.1, 0.15) is 25.2 Å². The first-order valence-electron chi connectivity index (χ1n) is 8.50. The van der Waals surface area contributed by atoms with Crippen molar-refractivity contribution in [1.82, 2.24) is 4.57 Å². The van der Waals surface area contributed by atoms with Gasteiger partial charge in [0.1, 0.15) is 10.1 Å². The highest BCUT2D eigenvalue weighted by Gasteiger charge is 2.20. The van der Waals surface area contributed by atoms with Crippen LogP contribution < -0.4 is 4.57 Å². The Balaban J connectivity index is 0.000000208. The van der Waals surface area contributed by atoms with Gasteiger partial charge in [0, 0.05) is 19.1 Å². The standard InChI is InChI=1S/C12H15Cl2N2.C7H8O3S/c1-4-15-8(3)16(5-2)12-7-10(14)9(13)6-11(12)15;1-6-2-4-7(5-3-6)11(8,9)10/h6-7H,4-5H2,1-3H3;2-5H,1H3,(H,8,9,10)/q+1;/p-1. The van der Waals surface area contributed by atoms with Crippen molar-refractivity contribution in [2.45, 2.75) is 45.7 Å². The van der Waals surface area contributed by atoms with Gasteiger partial charge in [-0.2, -0.15) is 0 Å². The molecule has 3 aromatic rings. The molecule has 0 radical (unpaired) electrons. The van der Waals surface area contributed by atoms with Crippen molar-refractivity contribution in [2.75, 3.05) is 0 Å². The number of rotatable bonds is 3. The Bertz CT molecular complexity index is 1010. The number of benzene rings is 2. The minimum atomic E-state index is -4.27. The molecule has 0 fully saturated rings. The molecular weight excluding hydrogens is 407 g/mol. The lowest BCUT2D eigenvalue weighted by Gasteiger charge is -2.05. The largest absolute Gasteiger partial charge is 0.744 e. The number of aryl methyl sites for hydroxylation is 3. The molecule has 0 saturated carbocycles. The SMILES string of the molecule is CCn1c(C)[n+](CC)c2cc(Cl)c(Cl)cc21.Cc1ccc(S(=O)(=O)[O-])cc1. The zero-order valence-corrected chi connectivity index (χ0v) is 18.0. The van der Waals surface area contributed by atoms with Gasteiger partial charge in [0.05, 0.1) is 28.0 Å². The molecule has 0 spiro atoms. The van der Waals surface area contributed by atoms with E-state index in [1.165, 1.54) is 18.0 Å². The molecule has 8 heteroatoms. The van der Waals surface area contributed by atoms with Gasteiger partial charge in [0.2, 0.25) is 0 Å². The van der Waals surface area contributed by atoms with Crippen molar-refractivity contribution in [3.05, 3.63) is 57.8 Å². The van der Waals surface area contributed by atoms with Gasteiger partial charge in [-0.25, -0.2) is 17.6 Å². The van der Waals surface area contributed by atoms with Crippen LogP contribution in [-0.2, 0) is 23.2 Å². The van der Waals surface area contributed by atoms with Gasteiger partial charge in [-0.15, -0.1) is 0 Å². The predicted molar refractivity (Wildman–Crippen MR) is 107 cm³/mol. The fraction of sp³-hybridized carbons (Fsp3) is 0.316. The predicted octanol–water partition coefficient (Wildman–Crippen LogP) is 4.48. The third kappa shape index (κ3) is 4.82. The molecule has 5 nitrogen and oxygen atoms in total. The average molecular weight is 429 g/mol. The van der Waals surface area contributed by atoms with Gasteiger partial charge >= 0.3 is 0 Å². The highest BCUT2D eigenvalue weighted by molar-refractivity contribution is 7.85. The van der Waals surface area contributed by atoms with E-state index in [4.69, 9.17) is 23.2 Å². The van der Waals surface area contributed by atoms with Crippen molar-refractivity contribution in [1.29, 1.82) is 0 Å². The summed E-state index contributed by atoms with van der Waals surface area (Å²) in [5.41, 5.74) is 3.23. The van der Waals surface area contributed by atoms with E-state index in [0.717, 1.165) is 29.7 Å². The summed E-state index contributed by atoms with van der Waals surface area (Å²) in [4.78, 5) is -0.178. The van der Waals surface area contributed by atoms with Crippen LogP contribution in [0.2, 0.25) is 10.0 Å². The lowest BCUT2D eigenvalue weighted by atomic mass is 10.2. The number of hydrogen-bond donors (Lipinski definition) is 0. The maximum Gasteiger partial charge on any atom is 0.254 e. The molecular formula is C19H22Cl2N2O3S. The van der Waals surface area contributed by atoms with E-state index in [1.807, 2.05) is 19.1 Å². The fourth-order valence-corrected chi connectivity index (χ4v) is 3.74. The molecule has 146 valence electrons. The lowest BCUT2D eigenvalue weighted by molar-refractivity contribution is -0.674. The Morgan fingerprint density at radius 1 is 1.04 bits per heavy atom. The Hall–Kier alpha value is -1.60. The van der Waals surface area contributed by atoms with Crippen LogP contribution >= 0.6 is 23.2 Å². The topological polar surface area (TPSA) is 66.0 Å². The van der Waals surface area contributed by atoms with Gasteiger partial charge in [0.25, 0.3) is 5.82 Å². The highest BCUT2D eigenvalue weighted by atomic mass is 35.5. The summed E-state index contributed by atoms with van der Waals surface area (Å²) < 4.78 is 35.7. The van der Waals surface area contributed by atoms with E-state index >= 15 is 0 Å². The molecule has 0 unspecified atom stereocenters. The maximum absolute atomic E-state index is 10.4. The van der Waals surface area contributed by atoms with Gasteiger partial charge in [-0.05, 0) is 32.9 Å². The van der Waals surface area contributed by atoms with Gasteiger partial charge in [0.15, 0.2) is 11.0 Å². The summed E-state index contributed by atoms with van der Waals surface area (Å²) in [5.74, 6) is 1.23. The summed E-state index contributed by atoms with van der Waals surface area (Å²) in [6.07, 6.45) is 0. The van der Waals surface area contributed by atoms with Crippen LogP contribution in [0, 0.1) is 13.8 Å². The second-order valence-electron chi connectivity index (χ2n) is 6.06. The van der Waals surface area contributed by atoms with E-state index in [-0.39, 0.29) is 4.90 Å². The van der Waals surface area contributed by atoms with Crippen LogP contribution in [0.15, 0.2) is 41.3 Å². The number of nitrogens with zero attached hydrogens (tertiary/aromatic N) is 2. The first kappa shape index (κ1) is 21.7. The molecule has 0 saturated heterocycles. The maximum atomic E-state index is 10.4. The third-order valence-corrected chi connectivity index (χ3v) is 5.89. The van der Waals surface area contributed by atoms with Crippen molar-refractivity contribution >= 4 is 44.4 Å².